The minimum absolute atomic E-state index is 0.328. The lowest BCUT2D eigenvalue weighted by molar-refractivity contribution is -0.139. The van der Waals surface area contributed by atoms with Crippen molar-refractivity contribution in [3.05, 3.63) is 114 Å². The number of rotatable bonds is 11. The highest BCUT2D eigenvalue weighted by Crippen LogP contribution is 2.21. The summed E-state index contributed by atoms with van der Waals surface area (Å²) in [7, 11) is 0. The summed E-state index contributed by atoms with van der Waals surface area (Å²) in [6.45, 7) is 11.1. The molecule has 0 aliphatic carbocycles. The van der Waals surface area contributed by atoms with Crippen LogP contribution < -0.4 is 0 Å². The zero-order chi connectivity index (χ0) is 25.9. The first-order valence-corrected chi connectivity index (χ1v) is 11.8. The predicted molar refractivity (Wildman–Crippen MR) is 145 cm³/mol. The summed E-state index contributed by atoms with van der Waals surface area (Å²) in [4.78, 5) is 27.5. The normalized spacial score (nSPS) is 10.7. The van der Waals surface area contributed by atoms with Crippen molar-refractivity contribution in [1.29, 1.82) is 0 Å². The SMILES string of the molecule is C=C(C)C(=O)OCCc1ccc(N=Cc2ccc(-c3ccc(CCOC(=O)C(=C)C)cc3)cc2)cc1. The van der Waals surface area contributed by atoms with Crippen molar-refractivity contribution < 1.29 is 19.1 Å². The van der Waals surface area contributed by atoms with Crippen molar-refractivity contribution in [2.75, 3.05) is 13.2 Å². The zero-order valence-corrected chi connectivity index (χ0v) is 20.8. The van der Waals surface area contributed by atoms with Crippen molar-refractivity contribution in [2.45, 2.75) is 26.7 Å². The Morgan fingerprint density at radius 3 is 1.56 bits per heavy atom. The quantitative estimate of drug-likeness (QED) is 0.180. The minimum Gasteiger partial charge on any atom is -0.462 e. The van der Waals surface area contributed by atoms with E-state index in [2.05, 4.69) is 42.4 Å². The van der Waals surface area contributed by atoms with Gasteiger partial charge in [0.2, 0.25) is 0 Å². The number of hydrogen-bond acceptors (Lipinski definition) is 5. The summed E-state index contributed by atoms with van der Waals surface area (Å²) in [5.74, 6) is -0.718. The van der Waals surface area contributed by atoms with Crippen LogP contribution in [0.3, 0.4) is 0 Å². The number of esters is 2. The molecule has 5 nitrogen and oxygen atoms in total. The molecule has 0 aromatic heterocycles. The lowest BCUT2D eigenvalue weighted by Crippen LogP contribution is -2.07. The van der Waals surface area contributed by atoms with Crippen molar-refractivity contribution in [3.63, 3.8) is 0 Å². The minimum atomic E-state index is -0.363. The third-order valence-corrected chi connectivity index (χ3v) is 5.44. The molecule has 0 heterocycles. The number of aliphatic imine (C=N–C) groups is 1. The Balaban J connectivity index is 1.50. The molecule has 0 saturated carbocycles. The van der Waals surface area contributed by atoms with Crippen LogP contribution in [0.15, 0.2) is 102 Å². The van der Waals surface area contributed by atoms with Crippen LogP contribution in [-0.4, -0.2) is 31.4 Å². The molecule has 0 bridgehead atoms. The maximum atomic E-state index is 11.5. The van der Waals surface area contributed by atoms with E-state index in [-0.39, 0.29) is 11.9 Å². The molecule has 0 aliphatic rings. The largest absolute Gasteiger partial charge is 0.462 e. The second kappa shape index (κ2) is 13.0. The van der Waals surface area contributed by atoms with Crippen molar-refractivity contribution in [1.82, 2.24) is 0 Å². The highest BCUT2D eigenvalue weighted by atomic mass is 16.5. The van der Waals surface area contributed by atoms with E-state index in [0.29, 0.717) is 37.2 Å². The summed E-state index contributed by atoms with van der Waals surface area (Å²) in [5.41, 5.74) is 7.09. The van der Waals surface area contributed by atoms with Gasteiger partial charge in [-0.15, -0.1) is 0 Å². The Morgan fingerprint density at radius 1 is 0.694 bits per heavy atom. The van der Waals surface area contributed by atoms with Crippen molar-refractivity contribution >= 4 is 23.8 Å². The smallest absolute Gasteiger partial charge is 0.333 e. The molecular weight excluding hydrogens is 450 g/mol. The highest BCUT2D eigenvalue weighted by Gasteiger charge is 2.04. The Morgan fingerprint density at radius 2 is 1.11 bits per heavy atom. The van der Waals surface area contributed by atoms with Crippen LogP contribution >= 0.6 is 0 Å². The third kappa shape index (κ3) is 8.20. The molecule has 0 aliphatic heterocycles. The van der Waals surface area contributed by atoms with Gasteiger partial charge in [-0.1, -0.05) is 73.8 Å². The summed E-state index contributed by atoms with van der Waals surface area (Å²) in [6, 6.07) is 24.3. The van der Waals surface area contributed by atoms with Gasteiger partial charge in [0.25, 0.3) is 0 Å². The number of ether oxygens (including phenoxy) is 2. The second-order valence-corrected chi connectivity index (χ2v) is 8.58. The Bertz CT molecular complexity index is 1240. The summed E-state index contributed by atoms with van der Waals surface area (Å²) < 4.78 is 10.3. The predicted octanol–water partition coefficient (Wildman–Crippen LogP) is 6.43. The van der Waals surface area contributed by atoms with E-state index < -0.39 is 0 Å². The maximum absolute atomic E-state index is 11.5. The van der Waals surface area contributed by atoms with E-state index in [4.69, 9.17) is 9.47 Å². The molecule has 0 fully saturated rings. The van der Waals surface area contributed by atoms with Gasteiger partial charge in [-0.05, 0) is 53.8 Å². The number of carbonyl (C=O) groups is 2. The number of nitrogens with zero attached hydrogens (tertiary/aromatic N) is 1. The van der Waals surface area contributed by atoms with Gasteiger partial charge in [-0.25, -0.2) is 9.59 Å². The zero-order valence-electron chi connectivity index (χ0n) is 20.8. The highest BCUT2D eigenvalue weighted by molar-refractivity contribution is 5.87. The van der Waals surface area contributed by atoms with E-state index in [1.807, 2.05) is 54.7 Å². The van der Waals surface area contributed by atoms with Crippen LogP contribution in [0.1, 0.15) is 30.5 Å². The van der Waals surface area contributed by atoms with Crippen LogP contribution in [0.25, 0.3) is 11.1 Å². The van der Waals surface area contributed by atoms with E-state index in [0.717, 1.165) is 33.5 Å². The molecule has 3 aromatic rings. The fourth-order valence-electron chi connectivity index (χ4n) is 3.29. The van der Waals surface area contributed by atoms with Gasteiger partial charge >= 0.3 is 11.9 Å². The molecule has 0 atom stereocenters. The average molecular weight is 482 g/mol. The van der Waals surface area contributed by atoms with Gasteiger partial charge < -0.3 is 9.47 Å². The van der Waals surface area contributed by atoms with Crippen LogP contribution in [0.5, 0.6) is 0 Å². The lowest BCUT2D eigenvalue weighted by atomic mass is 10.0. The first-order chi connectivity index (χ1) is 17.3. The molecule has 3 rings (SSSR count). The molecule has 0 radical (unpaired) electrons. The number of carbonyl (C=O) groups excluding carboxylic acids is 2. The molecule has 184 valence electrons. The monoisotopic (exact) mass is 481 g/mol. The summed E-state index contributed by atoms with van der Waals surface area (Å²) in [6.07, 6.45) is 3.15. The number of hydrogen-bond donors (Lipinski definition) is 0. The lowest BCUT2D eigenvalue weighted by Gasteiger charge is -2.06. The fraction of sp³-hybridized carbons (Fsp3) is 0.194. The molecule has 0 unspecified atom stereocenters. The summed E-state index contributed by atoms with van der Waals surface area (Å²) >= 11 is 0. The maximum Gasteiger partial charge on any atom is 0.333 e. The molecule has 36 heavy (non-hydrogen) atoms. The van der Waals surface area contributed by atoms with Crippen LogP contribution in [0.4, 0.5) is 5.69 Å². The van der Waals surface area contributed by atoms with Gasteiger partial charge in [0.15, 0.2) is 0 Å². The van der Waals surface area contributed by atoms with Gasteiger partial charge in [-0.3, -0.25) is 4.99 Å². The Kier molecular flexibility index (Phi) is 9.52. The molecule has 0 spiro atoms. The Hall–Kier alpha value is -4.25. The van der Waals surface area contributed by atoms with Crippen LogP contribution in [-0.2, 0) is 31.9 Å². The molecule has 3 aromatic carbocycles. The Labute approximate surface area is 212 Å². The fourth-order valence-corrected chi connectivity index (χ4v) is 3.29. The first kappa shape index (κ1) is 26.4. The third-order valence-electron chi connectivity index (χ3n) is 5.44. The summed E-state index contributed by atoms with van der Waals surface area (Å²) in [5, 5.41) is 0. The molecule has 5 heteroatoms. The molecule has 0 amide bonds. The van der Waals surface area contributed by atoms with Crippen molar-refractivity contribution in [2.24, 2.45) is 4.99 Å². The topological polar surface area (TPSA) is 65.0 Å². The standard InChI is InChI=1S/C31H31NO4/c1-22(2)30(33)35-19-17-24-5-11-27(12-6-24)28-13-7-26(8-14-28)21-32-29-15-9-25(10-16-29)18-20-36-31(34)23(3)4/h5-16,21H,1,3,17-20H2,2,4H3. The average Bonchev–Trinajstić information content (AvgIpc) is 2.88. The molecular formula is C31H31NO4. The first-order valence-electron chi connectivity index (χ1n) is 11.8. The van der Waals surface area contributed by atoms with Gasteiger partial charge in [0.1, 0.15) is 0 Å². The van der Waals surface area contributed by atoms with Gasteiger partial charge in [0.05, 0.1) is 18.9 Å². The van der Waals surface area contributed by atoms with Crippen LogP contribution in [0.2, 0.25) is 0 Å². The molecule has 0 N–H and O–H groups in total. The van der Waals surface area contributed by atoms with E-state index in [1.54, 1.807) is 13.8 Å². The van der Waals surface area contributed by atoms with E-state index in [9.17, 15) is 9.59 Å². The van der Waals surface area contributed by atoms with Crippen LogP contribution in [0, 0.1) is 0 Å². The molecule has 0 saturated heterocycles. The van der Waals surface area contributed by atoms with E-state index >= 15 is 0 Å². The van der Waals surface area contributed by atoms with E-state index in [1.165, 1.54) is 0 Å². The number of benzene rings is 3. The second-order valence-electron chi connectivity index (χ2n) is 8.58. The van der Waals surface area contributed by atoms with Gasteiger partial charge in [0, 0.05) is 30.2 Å². The van der Waals surface area contributed by atoms with Crippen molar-refractivity contribution in [3.8, 4) is 11.1 Å². The van der Waals surface area contributed by atoms with Gasteiger partial charge in [-0.2, -0.15) is 0 Å².